The quantitative estimate of drug-likeness (QED) is 0.803. The largest absolute Gasteiger partial charge is 0.323 e. The highest BCUT2D eigenvalue weighted by Gasteiger charge is 2.11. The lowest BCUT2D eigenvalue weighted by Gasteiger charge is -2.05. The number of halogens is 3. The molecule has 0 aromatic carbocycles. The molecule has 1 heterocycles. The number of hydrogen-bond donors (Lipinski definition) is 1. The minimum absolute atomic E-state index is 0.138. The molecule has 1 N–H and O–H groups in total. The maximum absolute atomic E-state index is 12.5. The Morgan fingerprint density at radius 3 is 2.43 bits per heavy atom. The van der Waals surface area contributed by atoms with Crippen molar-refractivity contribution in [3.8, 4) is 0 Å². The fourth-order valence-electron chi connectivity index (χ4n) is 0.779. The Balaban J connectivity index is 2.82. The number of alkyl halides is 1. The Morgan fingerprint density at radius 1 is 1.50 bits per heavy atom. The van der Waals surface area contributed by atoms with Gasteiger partial charge in [-0.2, -0.15) is 0 Å². The number of amides is 1. The third kappa shape index (κ3) is 3.12. The smallest absolute Gasteiger partial charge is 0.258 e. The van der Waals surface area contributed by atoms with E-state index in [0.717, 1.165) is 6.92 Å². The summed E-state index contributed by atoms with van der Waals surface area (Å²) in [5.74, 6) is -0.747. The van der Waals surface area contributed by atoms with Crippen molar-refractivity contribution < 1.29 is 9.18 Å². The maximum atomic E-state index is 12.5. The van der Waals surface area contributed by atoms with Gasteiger partial charge >= 0.3 is 0 Å². The number of pyridine rings is 1. The fraction of sp³-hybridized carbons (Fsp3) is 0.250. The summed E-state index contributed by atoms with van der Waals surface area (Å²) in [6.45, 7) is 1.14. The van der Waals surface area contributed by atoms with Gasteiger partial charge in [-0.15, -0.1) is 0 Å². The molecule has 0 saturated heterocycles. The van der Waals surface area contributed by atoms with Gasteiger partial charge in [-0.3, -0.25) is 4.79 Å². The summed E-state index contributed by atoms with van der Waals surface area (Å²) >= 11 is 11.1. The minimum Gasteiger partial charge on any atom is -0.323 e. The Bertz CT molecular complexity index is 337. The number of aromatic nitrogens is 1. The van der Waals surface area contributed by atoms with Crippen LogP contribution in [0.5, 0.6) is 0 Å². The first-order valence-electron chi connectivity index (χ1n) is 3.77. The zero-order valence-electron chi connectivity index (χ0n) is 7.22. The first-order chi connectivity index (χ1) is 6.49. The van der Waals surface area contributed by atoms with E-state index in [1.54, 1.807) is 0 Å². The third-order valence-corrected chi connectivity index (χ3v) is 1.78. The van der Waals surface area contributed by atoms with Crippen LogP contribution in [0.4, 0.5) is 10.1 Å². The molecule has 6 heteroatoms. The maximum Gasteiger partial charge on any atom is 0.258 e. The SMILES string of the molecule is CC(F)C(=O)Nc1cc(Cl)nc(Cl)c1. The number of carbonyl (C=O) groups is 1. The molecule has 0 radical (unpaired) electrons. The zero-order valence-corrected chi connectivity index (χ0v) is 8.73. The van der Waals surface area contributed by atoms with Crippen LogP contribution >= 0.6 is 23.2 Å². The molecule has 1 amide bonds. The van der Waals surface area contributed by atoms with Crippen LogP contribution in [-0.4, -0.2) is 17.1 Å². The standard InChI is InChI=1S/C8H7Cl2FN2O/c1-4(11)8(14)12-5-2-6(9)13-7(10)3-5/h2-4H,1H3,(H,12,13,14). The van der Waals surface area contributed by atoms with Crippen molar-refractivity contribution in [3.05, 3.63) is 22.4 Å². The van der Waals surface area contributed by atoms with Crippen molar-refractivity contribution in [3.63, 3.8) is 0 Å². The first-order valence-corrected chi connectivity index (χ1v) is 4.52. The molecule has 0 spiro atoms. The summed E-state index contributed by atoms with van der Waals surface area (Å²) in [7, 11) is 0. The van der Waals surface area contributed by atoms with E-state index in [4.69, 9.17) is 23.2 Å². The molecule has 0 aliphatic heterocycles. The number of anilines is 1. The molecule has 1 unspecified atom stereocenters. The number of rotatable bonds is 2. The molecule has 1 aromatic rings. The van der Waals surface area contributed by atoms with E-state index in [1.807, 2.05) is 0 Å². The Kier molecular flexibility index (Phi) is 3.66. The van der Waals surface area contributed by atoms with Crippen LogP contribution in [0.25, 0.3) is 0 Å². The van der Waals surface area contributed by atoms with Crippen LogP contribution in [0.1, 0.15) is 6.92 Å². The molecule has 0 saturated carbocycles. The van der Waals surface area contributed by atoms with Gasteiger partial charge in [0.2, 0.25) is 0 Å². The predicted molar refractivity (Wildman–Crippen MR) is 53.5 cm³/mol. The molecule has 76 valence electrons. The number of carbonyl (C=O) groups excluding carboxylic acids is 1. The Hall–Kier alpha value is -0.870. The molecule has 1 rings (SSSR count). The highest BCUT2D eigenvalue weighted by Crippen LogP contribution is 2.18. The molecule has 0 fully saturated rings. The van der Waals surface area contributed by atoms with Crippen molar-refractivity contribution in [1.29, 1.82) is 0 Å². The average molecular weight is 237 g/mol. The summed E-state index contributed by atoms with van der Waals surface area (Å²) in [6.07, 6.45) is -1.58. The molecule has 0 bridgehead atoms. The molecule has 0 aliphatic rings. The van der Waals surface area contributed by atoms with E-state index in [9.17, 15) is 9.18 Å². The highest BCUT2D eigenvalue weighted by atomic mass is 35.5. The van der Waals surface area contributed by atoms with Crippen molar-refractivity contribution >= 4 is 34.8 Å². The van der Waals surface area contributed by atoms with E-state index in [2.05, 4.69) is 10.3 Å². The van der Waals surface area contributed by atoms with Gasteiger partial charge in [0.15, 0.2) is 6.17 Å². The van der Waals surface area contributed by atoms with Crippen molar-refractivity contribution in [2.75, 3.05) is 5.32 Å². The van der Waals surface area contributed by atoms with Crippen LogP contribution in [0.2, 0.25) is 10.3 Å². The lowest BCUT2D eigenvalue weighted by atomic mass is 10.3. The first kappa shape index (κ1) is 11.2. The molecular weight excluding hydrogens is 230 g/mol. The fourth-order valence-corrected chi connectivity index (χ4v) is 1.24. The predicted octanol–water partition coefficient (Wildman–Crippen LogP) is 2.68. The summed E-state index contributed by atoms with van der Waals surface area (Å²) < 4.78 is 12.5. The monoisotopic (exact) mass is 236 g/mol. The summed E-state index contributed by atoms with van der Waals surface area (Å²) in [5.41, 5.74) is 0.324. The van der Waals surface area contributed by atoms with Gasteiger partial charge in [0, 0.05) is 5.69 Å². The molecule has 0 aliphatic carbocycles. The van der Waals surface area contributed by atoms with Crippen LogP contribution in [0.15, 0.2) is 12.1 Å². The van der Waals surface area contributed by atoms with Crippen molar-refractivity contribution in [1.82, 2.24) is 4.98 Å². The van der Waals surface area contributed by atoms with Gasteiger partial charge in [-0.25, -0.2) is 9.37 Å². The number of nitrogens with zero attached hydrogens (tertiary/aromatic N) is 1. The van der Waals surface area contributed by atoms with Gasteiger partial charge in [0.25, 0.3) is 5.91 Å². The molecule has 1 atom stereocenters. The number of hydrogen-bond acceptors (Lipinski definition) is 2. The van der Waals surface area contributed by atoms with Crippen molar-refractivity contribution in [2.45, 2.75) is 13.1 Å². The van der Waals surface area contributed by atoms with Gasteiger partial charge in [0.05, 0.1) is 0 Å². The van der Waals surface area contributed by atoms with Gasteiger partial charge < -0.3 is 5.32 Å². The van der Waals surface area contributed by atoms with Gasteiger partial charge in [-0.05, 0) is 19.1 Å². The van der Waals surface area contributed by atoms with Gasteiger partial charge in [-0.1, -0.05) is 23.2 Å². The van der Waals surface area contributed by atoms with Crippen molar-refractivity contribution in [2.24, 2.45) is 0 Å². The normalized spacial score (nSPS) is 12.3. The van der Waals surface area contributed by atoms with E-state index in [1.165, 1.54) is 12.1 Å². The number of nitrogens with one attached hydrogen (secondary N) is 1. The molecule has 1 aromatic heterocycles. The zero-order chi connectivity index (χ0) is 10.7. The second kappa shape index (κ2) is 4.57. The molecular formula is C8H7Cl2FN2O. The Morgan fingerprint density at radius 2 is 2.00 bits per heavy atom. The summed E-state index contributed by atoms with van der Waals surface area (Å²) in [4.78, 5) is 14.6. The van der Waals surface area contributed by atoms with Gasteiger partial charge in [0.1, 0.15) is 10.3 Å². The van der Waals surface area contributed by atoms with E-state index in [0.29, 0.717) is 5.69 Å². The van der Waals surface area contributed by atoms with E-state index < -0.39 is 12.1 Å². The van der Waals surface area contributed by atoms with Crippen LogP contribution in [-0.2, 0) is 4.79 Å². The Labute approximate surface area is 90.2 Å². The van der Waals surface area contributed by atoms with E-state index >= 15 is 0 Å². The second-order valence-electron chi connectivity index (χ2n) is 2.61. The minimum atomic E-state index is -1.58. The lowest BCUT2D eigenvalue weighted by molar-refractivity contribution is -0.120. The topological polar surface area (TPSA) is 42.0 Å². The van der Waals surface area contributed by atoms with Crippen LogP contribution < -0.4 is 5.32 Å². The third-order valence-electron chi connectivity index (χ3n) is 1.39. The lowest BCUT2D eigenvalue weighted by Crippen LogP contribution is -2.21. The summed E-state index contributed by atoms with van der Waals surface area (Å²) in [6, 6.07) is 2.77. The van der Waals surface area contributed by atoms with Crippen LogP contribution in [0.3, 0.4) is 0 Å². The molecule has 3 nitrogen and oxygen atoms in total. The average Bonchev–Trinajstić information content (AvgIpc) is 2.01. The second-order valence-corrected chi connectivity index (χ2v) is 3.38. The van der Waals surface area contributed by atoms with Crippen LogP contribution in [0, 0.1) is 0 Å². The summed E-state index contributed by atoms with van der Waals surface area (Å²) in [5, 5.41) is 2.58. The highest BCUT2D eigenvalue weighted by molar-refractivity contribution is 6.33. The van der Waals surface area contributed by atoms with E-state index in [-0.39, 0.29) is 10.3 Å². The molecule has 14 heavy (non-hydrogen) atoms.